The predicted octanol–water partition coefficient (Wildman–Crippen LogP) is 1.10. The van der Waals surface area contributed by atoms with E-state index in [1.54, 1.807) is 7.11 Å². The zero-order valence-corrected chi connectivity index (χ0v) is 11.1. The molecule has 1 aromatic rings. The highest BCUT2D eigenvalue weighted by Crippen LogP contribution is 2.04. The van der Waals surface area contributed by atoms with Crippen LogP contribution < -0.4 is 11.1 Å². The lowest BCUT2D eigenvalue weighted by atomic mass is 10.1. The maximum absolute atomic E-state index is 11.8. The summed E-state index contributed by atoms with van der Waals surface area (Å²) in [6.07, 6.45) is 1.46. The lowest BCUT2D eigenvalue weighted by molar-refractivity contribution is -0.123. The monoisotopic (exact) mass is 250 g/mol. The van der Waals surface area contributed by atoms with Crippen LogP contribution in [0.5, 0.6) is 0 Å². The highest BCUT2D eigenvalue weighted by atomic mass is 16.5. The molecule has 0 bridgehead atoms. The van der Waals surface area contributed by atoms with Crippen LogP contribution in [0.2, 0.25) is 0 Å². The highest BCUT2D eigenvalue weighted by Gasteiger charge is 2.15. The highest BCUT2D eigenvalue weighted by molar-refractivity contribution is 5.81. The zero-order valence-electron chi connectivity index (χ0n) is 11.1. The first-order valence-electron chi connectivity index (χ1n) is 6.22. The number of methoxy groups -OCH3 is 1. The van der Waals surface area contributed by atoms with Crippen molar-refractivity contribution in [3.63, 3.8) is 0 Å². The van der Waals surface area contributed by atoms with Crippen molar-refractivity contribution in [2.45, 2.75) is 31.8 Å². The molecule has 0 aliphatic heterocycles. The van der Waals surface area contributed by atoms with Gasteiger partial charge in [-0.2, -0.15) is 0 Å². The van der Waals surface area contributed by atoms with Crippen LogP contribution in [-0.2, 0) is 16.0 Å². The average molecular weight is 250 g/mol. The van der Waals surface area contributed by atoms with Gasteiger partial charge in [-0.1, -0.05) is 30.3 Å². The molecule has 0 radical (unpaired) electrons. The summed E-state index contributed by atoms with van der Waals surface area (Å²) in [6, 6.07) is 9.55. The molecule has 0 saturated carbocycles. The van der Waals surface area contributed by atoms with E-state index in [4.69, 9.17) is 10.5 Å². The maximum Gasteiger partial charge on any atom is 0.237 e. The van der Waals surface area contributed by atoms with E-state index in [9.17, 15) is 4.79 Å². The third-order valence-corrected chi connectivity index (χ3v) is 2.73. The molecule has 1 unspecified atom stereocenters. The number of ether oxygens (including phenoxy) is 1. The number of rotatable bonds is 7. The summed E-state index contributed by atoms with van der Waals surface area (Å²) < 4.78 is 4.96. The third-order valence-electron chi connectivity index (χ3n) is 2.73. The molecule has 4 nitrogen and oxygen atoms in total. The Morgan fingerprint density at radius 1 is 1.39 bits per heavy atom. The molecule has 18 heavy (non-hydrogen) atoms. The minimum Gasteiger partial charge on any atom is -0.383 e. The van der Waals surface area contributed by atoms with Crippen molar-refractivity contribution in [2.75, 3.05) is 13.7 Å². The maximum atomic E-state index is 11.8. The van der Waals surface area contributed by atoms with E-state index in [0.29, 0.717) is 13.0 Å². The summed E-state index contributed by atoms with van der Waals surface area (Å²) in [7, 11) is 1.61. The Bertz CT molecular complexity index is 354. The van der Waals surface area contributed by atoms with Gasteiger partial charge in [0.1, 0.15) is 0 Å². The second-order valence-corrected chi connectivity index (χ2v) is 4.50. The van der Waals surface area contributed by atoms with Crippen LogP contribution in [-0.4, -0.2) is 31.7 Å². The standard InChI is InChI=1S/C14H22N2O2/c1-11(10-18-2)16-14(17)13(15)9-8-12-6-4-3-5-7-12/h3-7,11,13H,8-10,15H2,1-2H3,(H,16,17)/t11?,13-/m0/s1. The summed E-state index contributed by atoms with van der Waals surface area (Å²) in [6.45, 7) is 2.39. The van der Waals surface area contributed by atoms with Gasteiger partial charge in [0, 0.05) is 13.2 Å². The van der Waals surface area contributed by atoms with E-state index in [1.807, 2.05) is 37.3 Å². The summed E-state index contributed by atoms with van der Waals surface area (Å²) in [5.74, 6) is -0.115. The van der Waals surface area contributed by atoms with Crippen LogP contribution >= 0.6 is 0 Å². The molecule has 3 N–H and O–H groups in total. The van der Waals surface area contributed by atoms with Gasteiger partial charge in [-0.3, -0.25) is 4.79 Å². The fraction of sp³-hybridized carbons (Fsp3) is 0.500. The molecule has 0 saturated heterocycles. The van der Waals surface area contributed by atoms with E-state index in [1.165, 1.54) is 5.56 Å². The van der Waals surface area contributed by atoms with Crippen LogP contribution in [0.1, 0.15) is 18.9 Å². The minimum atomic E-state index is -0.468. The molecule has 0 aliphatic rings. The van der Waals surface area contributed by atoms with Gasteiger partial charge in [-0.15, -0.1) is 0 Å². The molecule has 0 aliphatic carbocycles. The first-order chi connectivity index (χ1) is 8.63. The van der Waals surface area contributed by atoms with Crippen LogP contribution in [0.3, 0.4) is 0 Å². The molecule has 2 atom stereocenters. The molecule has 1 amide bonds. The summed E-state index contributed by atoms with van der Waals surface area (Å²) >= 11 is 0. The average Bonchev–Trinajstić information content (AvgIpc) is 2.37. The van der Waals surface area contributed by atoms with Crippen molar-refractivity contribution in [3.8, 4) is 0 Å². The van der Waals surface area contributed by atoms with Gasteiger partial charge in [0.25, 0.3) is 0 Å². The smallest absolute Gasteiger partial charge is 0.237 e. The molecule has 4 heteroatoms. The van der Waals surface area contributed by atoms with Crippen molar-refractivity contribution in [1.82, 2.24) is 5.32 Å². The van der Waals surface area contributed by atoms with Crippen LogP contribution in [0.25, 0.3) is 0 Å². The third kappa shape index (κ3) is 5.29. The molecule has 1 rings (SSSR count). The van der Waals surface area contributed by atoms with Crippen LogP contribution in [0.15, 0.2) is 30.3 Å². The largest absolute Gasteiger partial charge is 0.383 e. The molecule has 0 aromatic heterocycles. The summed E-state index contributed by atoms with van der Waals surface area (Å²) in [5.41, 5.74) is 7.06. The van der Waals surface area contributed by atoms with Crippen molar-refractivity contribution in [1.29, 1.82) is 0 Å². The van der Waals surface area contributed by atoms with E-state index < -0.39 is 6.04 Å². The van der Waals surface area contributed by atoms with Gasteiger partial charge >= 0.3 is 0 Å². The normalized spacial score (nSPS) is 13.9. The van der Waals surface area contributed by atoms with E-state index in [-0.39, 0.29) is 11.9 Å². The van der Waals surface area contributed by atoms with Crippen molar-refractivity contribution in [2.24, 2.45) is 5.73 Å². The lowest BCUT2D eigenvalue weighted by Gasteiger charge is -2.16. The molecule has 0 heterocycles. The quantitative estimate of drug-likeness (QED) is 0.761. The summed E-state index contributed by atoms with van der Waals surface area (Å²) in [4.78, 5) is 11.8. The first kappa shape index (κ1) is 14.7. The van der Waals surface area contributed by atoms with E-state index in [0.717, 1.165) is 6.42 Å². The fourth-order valence-corrected chi connectivity index (χ4v) is 1.74. The van der Waals surface area contributed by atoms with Gasteiger partial charge in [0.2, 0.25) is 5.91 Å². The van der Waals surface area contributed by atoms with Gasteiger partial charge in [0.05, 0.1) is 12.6 Å². The number of carbonyl (C=O) groups excluding carboxylic acids is 1. The number of hydrogen-bond donors (Lipinski definition) is 2. The van der Waals surface area contributed by atoms with E-state index >= 15 is 0 Å². The van der Waals surface area contributed by atoms with Gasteiger partial charge in [-0.05, 0) is 25.3 Å². The van der Waals surface area contributed by atoms with Gasteiger partial charge in [0.15, 0.2) is 0 Å². The lowest BCUT2D eigenvalue weighted by Crippen LogP contribution is -2.45. The Labute approximate surface area is 109 Å². The zero-order chi connectivity index (χ0) is 13.4. The minimum absolute atomic E-state index is 0.00900. The Kier molecular flexibility index (Phi) is 6.39. The van der Waals surface area contributed by atoms with Crippen molar-refractivity contribution >= 4 is 5.91 Å². The fourth-order valence-electron chi connectivity index (χ4n) is 1.74. The second-order valence-electron chi connectivity index (χ2n) is 4.50. The van der Waals surface area contributed by atoms with Crippen LogP contribution in [0.4, 0.5) is 0 Å². The molecule has 1 aromatic carbocycles. The number of carbonyl (C=O) groups is 1. The van der Waals surface area contributed by atoms with Crippen molar-refractivity contribution in [3.05, 3.63) is 35.9 Å². The van der Waals surface area contributed by atoms with Crippen molar-refractivity contribution < 1.29 is 9.53 Å². The Hall–Kier alpha value is -1.39. The SMILES string of the molecule is COCC(C)NC(=O)[C@@H](N)CCc1ccccc1. The van der Waals surface area contributed by atoms with Crippen LogP contribution in [0, 0.1) is 0 Å². The van der Waals surface area contributed by atoms with Gasteiger partial charge < -0.3 is 15.8 Å². The molecule has 100 valence electrons. The first-order valence-corrected chi connectivity index (χ1v) is 6.22. The molecular formula is C14H22N2O2. The Morgan fingerprint density at radius 3 is 2.67 bits per heavy atom. The molecule has 0 spiro atoms. The number of hydrogen-bond acceptors (Lipinski definition) is 3. The number of aryl methyl sites for hydroxylation is 1. The molecular weight excluding hydrogens is 228 g/mol. The number of amides is 1. The van der Waals surface area contributed by atoms with E-state index in [2.05, 4.69) is 5.32 Å². The van der Waals surface area contributed by atoms with Gasteiger partial charge in [-0.25, -0.2) is 0 Å². The summed E-state index contributed by atoms with van der Waals surface area (Å²) in [5, 5.41) is 2.83. The Balaban J connectivity index is 2.32. The predicted molar refractivity (Wildman–Crippen MR) is 72.2 cm³/mol. The second kappa shape index (κ2) is 7.84. The number of benzene rings is 1. The molecule has 0 fully saturated rings. The number of nitrogens with two attached hydrogens (primary N) is 1. The topological polar surface area (TPSA) is 64.3 Å². The number of nitrogens with one attached hydrogen (secondary N) is 1. The Morgan fingerprint density at radius 2 is 2.06 bits per heavy atom.